The van der Waals surface area contributed by atoms with Crippen molar-refractivity contribution in [1.29, 1.82) is 0 Å². The molecule has 2 N–H and O–H groups in total. The molecule has 0 saturated heterocycles. The van der Waals surface area contributed by atoms with Crippen LogP contribution in [0.5, 0.6) is 0 Å². The lowest BCUT2D eigenvalue weighted by molar-refractivity contribution is 0.679. The van der Waals surface area contributed by atoms with E-state index >= 15 is 0 Å². The van der Waals surface area contributed by atoms with Gasteiger partial charge in [0, 0.05) is 16.7 Å². The molecule has 0 aromatic carbocycles. The van der Waals surface area contributed by atoms with Gasteiger partial charge in [-0.1, -0.05) is 6.07 Å². The molecule has 12 heavy (non-hydrogen) atoms. The van der Waals surface area contributed by atoms with E-state index in [1.807, 2.05) is 23.1 Å². The van der Waals surface area contributed by atoms with Gasteiger partial charge in [0.15, 0.2) is 0 Å². The van der Waals surface area contributed by atoms with E-state index in [2.05, 4.69) is 23.8 Å². The van der Waals surface area contributed by atoms with Crippen LogP contribution >= 0.6 is 23.1 Å². The zero-order chi connectivity index (χ0) is 8.81. The molecule has 0 saturated carbocycles. The monoisotopic (exact) mass is 201 g/mol. The van der Waals surface area contributed by atoms with E-state index in [0.29, 0.717) is 6.04 Å². The maximum absolute atomic E-state index is 5.88. The van der Waals surface area contributed by atoms with Crippen molar-refractivity contribution in [3.63, 3.8) is 0 Å². The zero-order valence-corrected chi connectivity index (χ0v) is 8.96. The van der Waals surface area contributed by atoms with E-state index in [9.17, 15) is 0 Å². The number of hydrogen-bond donors (Lipinski definition) is 1. The second-order valence-corrected chi connectivity index (χ2v) is 4.78. The molecule has 1 nitrogen and oxygen atoms in total. The molecule has 68 valence electrons. The first-order chi connectivity index (χ1) is 5.83. The molecule has 0 bridgehead atoms. The van der Waals surface area contributed by atoms with Gasteiger partial charge < -0.3 is 5.73 Å². The first-order valence-electron chi connectivity index (χ1n) is 4.10. The highest BCUT2D eigenvalue weighted by atomic mass is 32.2. The van der Waals surface area contributed by atoms with Gasteiger partial charge in [-0.15, -0.1) is 11.3 Å². The minimum atomic E-state index is 0.363. The van der Waals surface area contributed by atoms with Crippen molar-refractivity contribution in [2.45, 2.75) is 18.9 Å². The van der Waals surface area contributed by atoms with Crippen LogP contribution in [0.3, 0.4) is 0 Å². The maximum atomic E-state index is 5.88. The molecule has 1 rings (SSSR count). The Bertz CT molecular complexity index is 196. The van der Waals surface area contributed by atoms with Gasteiger partial charge >= 0.3 is 0 Å². The van der Waals surface area contributed by atoms with Crippen molar-refractivity contribution >= 4 is 23.1 Å². The molecule has 0 amide bonds. The summed E-state index contributed by atoms with van der Waals surface area (Å²) in [7, 11) is 0. The Hall–Kier alpha value is 0.01000. The highest BCUT2D eigenvalue weighted by Gasteiger charge is 2.01. The number of thioether (sulfide) groups is 1. The second kappa shape index (κ2) is 5.62. The fourth-order valence-corrected chi connectivity index (χ4v) is 2.40. The summed E-state index contributed by atoms with van der Waals surface area (Å²) in [5.74, 6) is 1.07. The third kappa shape index (κ3) is 3.61. The molecule has 0 aliphatic rings. The van der Waals surface area contributed by atoms with Crippen molar-refractivity contribution in [2.75, 3.05) is 12.0 Å². The van der Waals surface area contributed by atoms with Crippen molar-refractivity contribution in [3.05, 3.63) is 22.4 Å². The van der Waals surface area contributed by atoms with Gasteiger partial charge in [0.05, 0.1) is 0 Å². The quantitative estimate of drug-likeness (QED) is 0.791. The van der Waals surface area contributed by atoms with Gasteiger partial charge in [-0.3, -0.25) is 0 Å². The summed E-state index contributed by atoms with van der Waals surface area (Å²) in [5, 5.41) is 2.12. The molecule has 0 fully saturated rings. The topological polar surface area (TPSA) is 26.0 Å². The number of hydrogen-bond acceptors (Lipinski definition) is 3. The molecule has 0 aliphatic carbocycles. The largest absolute Gasteiger partial charge is 0.327 e. The summed E-state index contributed by atoms with van der Waals surface area (Å²) in [6.07, 6.45) is 4.35. The molecular weight excluding hydrogens is 186 g/mol. The summed E-state index contributed by atoms with van der Waals surface area (Å²) in [5.41, 5.74) is 5.88. The minimum Gasteiger partial charge on any atom is -0.327 e. The molecule has 0 spiro atoms. The lowest BCUT2D eigenvalue weighted by atomic mass is 10.2. The van der Waals surface area contributed by atoms with Gasteiger partial charge in [0.2, 0.25) is 0 Å². The third-order valence-electron chi connectivity index (χ3n) is 1.72. The van der Waals surface area contributed by atoms with Gasteiger partial charge in [0.25, 0.3) is 0 Å². The Kier molecular flexibility index (Phi) is 4.73. The molecule has 1 aromatic heterocycles. The number of nitrogens with two attached hydrogens (primary N) is 1. The van der Waals surface area contributed by atoms with Gasteiger partial charge in [0.1, 0.15) is 0 Å². The molecule has 1 aromatic rings. The summed E-state index contributed by atoms with van der Waals surface area (Å²) >= 11 is 3.65. The van der Waals surface area contributed by atoms with E-state index in [1.165, 1.54) is 4.88 Å². The van der Waals surface area contributed by atoms with Gasteiger partial charge in [-0.2, -0.15) is 11.8 Å². The van der Waals surface area contributed by atoms with E-state index in [-0.39, 0.29) is 0 Å². The predicted molar refractivity (Wildman–Crippen MR) is 59.0 cm³/mol. The van der Waals surface area contributed by atoms with Crippen LogP contribution in [0.2, 0.25) is 0 Å². The highest BCUT2D eigenvalue weighted by molar-refractivity contribution is 7.98. The minimum absolute atomic E-state index is 0.363. The van der Waals surface area contributed by atoms with Crippen molar-refractivity contribution in [1.82, 2.24) is 0 Å². The lowest BCUT2D eigenvalue weighted by Gasteiger charge is -2.07. The first kappa shape index (κ1) is 10.1. The van der Waals surface area contributed by atoms with Crippen LogP contribution in [0, 0.1) is 0 Å². The van der Waals surface area contributed by atoms with Gasteiger partial charge in [-0.25, -0.2) is 0 Å². The average Bonchev–Trinajstić information content (AvgIpc) is 2.53. The summed E-state index contributed by atoms with van der Waals surface area (Å²) in [6.45, 7) is 0. The van der Waals surface area contributed by atoms with Crippen molar-refractivity contribution < 1.29 is 0 Å². The van der Waals surface area contributed by atoms with Crippen molar-refractivity contribution in [2.24, 2.45) is 5.73 Å². The fourth-order valence-electron chi connectivity index (χ4n) is 1.08. The van der Waals surface area contributed by atoms with Crippen LogP contribution in [-0.2, 0) is 6.42 Å². The van der Waals surface area contributed by atoms with E-state index in [1.54, 1.807) is 0 Å². The molecule has 1 unspecified atom stereocenters. The SMILES string of the molecule is CSCC(N)CCc1cccs1. The molecule has 1 heterocycles. The summed E-state index contributed by atoms with van der Waals surface area (Å²) in [4.78, 5) is 1.45. The second-order valence-electron chi connectivity index (χ2n) is 2.83. The van der Waals surface area contributed by atoms with Crippen LogP contribution in [0.15, 0.2) is 17.5 Å². The molecule has 0 aliphatic heterocycles. The Morgan fingerprint density at radius 3 is 3.08 bits per heavy atom. The molecule has 3 heteroatoms. The van der Waals surface area contributed by atoms with E-state index < -0.39 is 0 Å². The Morgan fingerprint density at radius 2 is 2.50 bits per heavy atom. The van der Waals surface area contributed by atoms with E-state index in [4.69, 9.17) is 5.73 Å². The Balaban J connectivity index is 2.17. The number of thiophene rings is 1. The smallest absolute Gasteiger partial charge is 0.0133 e. The lowest BCUT2D eigenvalue weighted by Crippen LogP contribution is -2.23. The number of aryl methyl sites for hydroxylation is 1. The summed E-state index contributed by atoms with van der Waals surface area (Å²) < 4.78 is 0. The average molecular weight is 201 g/mol. The fraction of sp³-hybridized carbons (Fsp3) is 0.556. The predicted octanol–water partition coefficient (Wildman–Crippen LogP) is 2.37. The Labute approximate surface area is 82.4 Å². The summed E-state index contributed by atoms with van der Waals surface area (Å²) in [6, 6.07) is 4.64. The van der Waals surface area contributed by atoms with Gasteiger partial charge in [-0.05, 0) is 30.5 Å². The molecule has 0 radical (unpaired) electrons. The van der Waals surface area contributed by atoms with Crippen LogP contribution in [0.25, 0.3) is 0 Å². The normalized spacial score (nSPS) is 13.2. The standard InChI is InChI=1S/C9H15NS2/c1-11-7-8(10)4-5-9-3-2-6-12-9/h2-3,6,8H,4-5,7,10H2,1H3. The van der Waals surface area contributed by atoms with Crippen LogP contribution < -0.4 is 5.73 Å². The van der Waals surface area contributed by atoms with Crippen molar-refractivity contribution in [3.8, 4) is 0 Å². The van der Waals surface area contributed by atoms with Crippen LogP contribution in [0.1, 0.15) is 11.3 Å². The first-order valence-corrected chi connectivity index (χ1v) is 6.37. The highest BCUT2D eigenvalue weighted by Crippen LogP contribution is 2.12. The third-order valence-corrected chi connectivity index (χ3v) is 3.42. The maximum Gasteiger partial charge on any atom is 0.0133 e. The molecular formula is C9H15NS2. The molecule has 1 atom stereocenters. The van der Waals surface area contributed by atoms with E-state index in [0.717, 1.165) is 18.6 Å². The number of rotatable bonds is 5. The van der Waals surface area contributed by atoms with Crippen LogP contribution in [-0.4, -0.2) is 18.1 Å². The Morgan fingerprint density at radius 1 is 1.67 bits per heavy atom. The van der Waals surface area contributed by atoms with Crippen LogP contribution in [0.4, 0.5) is 0 Å². The zero-order valence-electron chi connectivity index (χ0n) is 7.32.